The monoisotopic (exact) mass is 273 g/mol. The van der Waals surface area contributed by atoms with Crippen molar-refractivity contribution < 1.29 is 9.13 Å². The second-order valence-electron chi connectivity index (χ2n) is 5.17. The van der Waals surface area contributed by atoms with Crippen molar-refractivity contribution in [2.75, 3.05) is 0 Å². The molecule has 106 valence electrons. The summed E-state index contributed by atoms with van der Waals surface area (Å²) in [5.41, 5.74) is 2.11. The molecule has 0 fully saturated rings. The van der Waals surface area contributed by atoms with E-state index in [4.69, 9.17) is 4.74 Å². The molecule has 2 nitrogen and oxygen atoms in total. The quantitative estimate of drug-likeness (QED) is 0.870. The number of hydrogen-bond acceptors (Lipinski definition) is 2. The highest BCUT2D eigenvalue weighted by Crippen LogP contribution is 2.27. The van der Waals surface area contributed by atoms with Crippen molar-refractivity contribution in [3.63, 3.8) is 0 Å². The molecule has 0 heterocycles. The first-order chi connectivity index (χ1) is 9.56. The van der Waals surface area contributed by atoms with Gasteiger partial charge in [0, 0.05) is 12.6 Å². The topological polar surface area (TPSA) is 21.3 Å². The Morgan fingerprint density at radius 3 is 2.55 bits per heavy atom. The van der Waals surface area contributed by atoms with Gasteiger partial charge in [-0.2, -0.15) is 0 Å². The molecule has 0 aliphatic heterocycles. The number of benzene rings is 2. The van der Waals surface area contributed by atoms with E-state index in [2.05, 4.69) is 25.2 Å². The second kappa shape index (κ2) is 6.53. The largest absolute Gasteiger partial charge is 0.454 e. The molecular formula is C17H20FNO. The fourth-order valence-corrected chi connectivity index (χ4v) is 1.83. The highest BCUT2D eigenvalue weighted by Gasteiger charge is 2.07. The van der Waals surface area contributed by atoms with Crippen LogP contribution in [0.5, 0.6) is 11.5 Å². The summed E-state index contributed by atoms with van der Waals surface area (Å²) in [6.45, 7) is 6.93. The first-order valence-electron chi connectivity index (χ1n) is 6.81. The van der Waals surface area contributed by atoms with Gasteiger partial charge < -0.3 is 10.1 Å². The van der Waals surface area contributed by atoms with Crippen molar-refractivity contribution in [3.05, 3.63) is 59.4 Å². The first-order valence-corrected chi connectivity index (χ1v) is 6.81. The van der Waals surface area contributed by atoms with Crippen molar-refractivity contribution in [1.29, 1.82) is 0 Å². The third-order valence-corrected chi connectivity index (χ3v) is 3.02. The fourth-order valence-electron chi connectivity index (χ4n) is 1.83. The van der Waals surface area contributed by atoms with Gasteiger partial charge in [0.25, 0.3) is 0 Å². The molecule has 0 aliphatic rings. The number of ether oxygens (including phenoxy) is 1. The normalized spacial score (nSPS) is 10.8. The maximum absolute atomic E-state index is 13.6. The Kier molecular flexibility index (Phi) is 4.74. The van der Waals surface area contributed by atoms with Gasteiger partial charge >= 0.3 is 0 Å². The van der Waals surface area contributed by atoms with E-state index < -0.39 is 0 Å². The third kappa shape index (κ3) is 3.81. The molecule has 2 aromatic rings. The lowest BCUT2D eigenvalue weighted by atomic mass is 10.1. The van der Waals surface area contributed by atoms with E-state index in [-0.39, 0.29) is 11.6 Å². The molecule has 2 aromatic carbocycles. The molecule has 0 saturated heterocycles. The number of halogens is 1. The van der Waals surface area contributed by atoms with Crippen LogP contribution >= 0.6 is 0 Å². The van der Waals surface area contributed by atoms with Crippen LogP contribution in [-0.4, -0.2) is 6.04 Å². The summed E-state index contributed by atoms with van der Waals surface area (Å²) >= 11 is 0. The van der Waals surface area contributed by atoms with Gasteiger partial charge in [-0.25, -0.2) is 4.39 Å². The zero-order valence-corrected chi connectivity index (χ0v) is 12.1. The van der Waals surface area contributed by atoms with Gasteiger partial charge in [0.2, 0.25) is 0 Å². The standard InChI is InChI=1S/C17H20FNO/c1-12(2)19-11-14-9-8-13(3)17(10-14)20-16-7-5-4-6-15(16)18/h4-10,12,19H,11H2,1-3H3. The number of nitrogens with one attached hydrogen (secondary N) is 1. The summed E-state index contributed by atoms with van der Waals surface area (Å²) in [5, 5.41) is 3.35. The number of hydrogen-bond donors (Lipinski definition) is 1. The van der Waals surface area contributed by atoms with E-state index in [0.29, 0.717) is 11.8 Å². The average Bonchev–Trinajstić information content (AvgIpc) is 2.42. The van der Waals surface area contributed by atoms with Gasteiger partial charge in [-0.15, -0.1) is 0 Å². The first kappa shape index (κ1) is 14.5. The molecule has 0 aromatic heterocycles. The molecular weight excluding hydrogens is 253 g/mol. The molecule has 2 rings (SSSR count). The minimum Gasteiger partial charge on any atom is -0.454 e. The van der Waals surface area contributed by atoms with E-state index in [1.165, 1.54) is 6.07 Å². The average molecular weight is 273 g/mol. The zero-order valence-electron chi connectivity index (χ0n) is 12.1. The van der Waals surface area contributed by atoms with Crippen molar-refractivity contribution in [3.8, 4) is 11.5 Å². The Bertz CT molecular complexity index is 581. The Labute approximate surface area is 119 Å². The lowest BCUT2D eigenvalue weighted by Crippen LogP contribution is -2.21. The van der Waals surface area contributed by atoms with Crippen LogP contribution in [0.3, 0.4) is 0 Å². The van der Waals surface area contributed by atoms with Crippen molar-refractivity contribution >= 4 is 0 Å². The summed E-state index contributed by atoms with van der Waals surface area (Å²) in [7, 11) is 0. The maximum atomic E-state index is 13.6. The molecule has 0 atom stereocenters. The SMILES string of the molecule is Cc1ccc(CNC(C)C)cc1Oc1ccccc1F. The molecule has 0 bridgehead atoms. The minimum atomic E-state index is -0.349. The Hall–Kier alpha value is -1.87. The van der Waals surface area contributed by atoms with Crippen molar-refractivity contribution in [1.82, 2.24) is 5.32 Å². The predicted molar refractivity (Wildman–Crippen MR) is 79.6 cm³/mol. The summed E-state index contributed by atoms with van der Waals surface area (Å²) in [4.78, 5) is 0. The smallest absolute Gasteiger partial charge is 0.165 e. The number of rotatable bonds is 5. The summed E-state index contributed by atoms with van der Waals surface area (Å²) < 4.78 is 19.3. The van der Waals surface area contributed by atoms with Crippen LogP contribution in [0.25, 0.3) is 0 Å². The van der Waals surface area contributed by atoms with Crippen LogP contribution < -0.4 is 10.1 Å². The van der Waals surface area contributed by atoms with Crippen LogP contribution in [0.2, 0.25) is 0 Å². The molecule has 0 saturated carbocycles. The molecule has 0 radical (unpaired) electrons. The van der Waals surface area contributed by atoms with Gasteiger partial charge in [0.15, 0.2) is 11.6 Å². The van der Waals surface area contributed by atoms with Crippen LogP contribution in [0.15, 0.2) is 42.5 Å². The van der Waals surface area contributed by atoms with Crippen molar-refractivity contribution in [2.24, 2.45) is 0 Å². The number of para-hydroxylation sites is 1. The summed E-state index contributed by atoms with van der Waals surface area (Å²) in [5.74, 6) is 0.598. The molecule has 0 unspecified atom stereocenters. The van der Waals surface area contributed by atoms with E-state index in [9.17, 15) is 4.39 Å². The van der Waals surface area contributed by atoms with Gasteiger partial charge in [0.1, 0.15) is 5.75 Å². The van der Waals surface area contributed by atoms with Crippen LogP contribution in [0.4, 0.5) is 4.39 Å². The molecule has 0 spiro atoms. The van der Waals surface area contributed by atoms with Gasteiger partial charge in [-0.05, 0) is 36.2 Å². The molecule has 1 N–H and O–H groups in total. The second-order valence-corrected chi connectivity index (χ2v) is 5.17. The fraction of sp³-hybridized carbons (Fsp3) is 0.294. The highest BCUT2D eigenvalue weighted by molar-refractivity contribution is 5.40. The van der Waals surface area contributed by atoms with E-state index >= 15 is 0 Å². The zero-order chi connectivity index (χ0) is 14.5. The van der Waals surface area contributed by atoms with Gasteiger partial charge in [-0.3, -0.25) is 0 Å². The molecule has 0 amide bonds. The predicted octanol–water partition coefficient (Wildman–Crippen LogP) is 4.42. The lowest BCUT2D eigenvalue weighted by molar-refractivity contribution is 0.438. The highest BCUT2D eigenvalue weighted by atomic mass is 19.1. The maximum Gasteiger partial charge on any atom is 0.165 e. The van der Waals surface area contributed by atoms with Crippen LogP contribution in [-0.2, 0) is 6.54 Å². The molecule has 3 heteroatoms. The molecule has 20 heavy (non-hydrogen) atoms. The third-order valence-electron chi connectivity index (χ3n) is 3.02. The lowest BCUT2D eigenvalue weighted by Gasteiger charge is -2.13. The van der Waals surface area contributed by atoms with Gasteiger partial charge in [0.05, 0.1) is 0 Å². The van der Waals surface area contributed by atoms with Crippen LogP contribution in [0, 0.1) is 12.7 Å². The van der Waals surface area contributed by atoms with E-state index in [0.717, 1.165) is 17.7 Å². The Morgan fingerprint density at radius 1 is 1.10 bits per heavy atom. The Balaban J connectivity index is 2.18. The van der Waals surface area contributed by atoms with Gasteiger partial charge in [-0.1, -0.05) is 38.1 Å². The summed E-state index contributed by atoms with van der Waals surface area (Å²) in [6.07, 6.45) is 0. The van der Waals surface area contributed by atoms with E-state index in [1.54, 1.807) is 18.2 Å². The Morgan fingerprint density at radius 2 is 1.85 bits per heavy atom. The summed E-state index contributed by atoms with van der Waals surface area (Å²) in [6, 6.07) is 12.9. The van der Waals surface area contributed by atoms with Crippen LogP contribution in [0.1, 0.15) is 25.0 Å². The minimum absolute atomic E-state index is 0.254. The number of aryl methyl sites for hydroxylation is 1. The van der Waals surface area contributed by atoms with Crippen molar-refractivity contribution in [2.45, 2.75) is 33.4 Å². The van der Waals surface area contributed by atoms with E-state index in [1.807, 2.05) is 19.1 Å². The molecule has 0 aliphatic carbocycles.